The molecule has 5 nitrogen and oxygen atoms in total. The van der Waals surface area contributed by atoms with E-state index >= 15 is 0 Å². The van der Waals surface area contributed by atoms with Crippen molar-refractivity contribution in [3.05, 3.63) is 29.8 Å². The van der Waals surface area contributed by atoms with Crippen molar-refractivity contribution in [1.82, 2.24) is 9.21 Å². The van der Waals surface area contributed by atoms with Crippen molar-refractivity contribution in [1.29, 1.82) is 0 Å². The Balaban J connectivity index is 1.71. The second-order valence-electron chi connectivity index (χ2n) is 6.94. The Morgan fingerprint density at radius 2 is 1.70 bits per heavy atom. The van der Waals surface area contributed by atoms with Crippen molar-refractivity contribution >= 4 is 39.1 Å². The quantitative estimate of drug-likeness (QED) is 0.672. The Labute approximate surface area is 165 Å². The summed E-state index contributed by atoms with van der Waals surface area (Å²) in [6.45, 7) is 1.87. The smallest absolute Gasteiger partial charge is 0.339 e. The summed E-state index contributed by atoms with van der Waals surface area (Å²) in [5.41, 5.74) is -1.92. The lowest BCUT2D eigenvalue weighted by atomic mass is 10.1. The lowest BCUT2D eigenvalue weighted by molar-refractivity contribution is -0.138. The van der Waals surface area contributed by atoms with Crippen molar-refractivity contribution in [2.45, 2.75) is 28.7 Å². The second kappa shape index (κ2) is 6.50. The van der Waals surface area contributed by atoms with Crippen molar-refractivity contribution < 1.29 is 26.4 Å². The van der Waals surface area contributed by atoms with Crippen molar-refractivity contribution in [3.8, 4) is 0 Å². The molecule has 1 unspecified atom stereocenters. The third-order valence-electron chi connectivity index (χ3n) is 5.05. The van der Waals surface area contributed by atoms with Crippen LogP contribution in [-0.2, 0) is 21.0 Å². The molecule has 2 aliphatic rings. The van der Waals surface area contributed by atoms with E-state index in [1.54, 1.807) is 6.92 Å². The molecule has 27 heavy (non-hydrogen) atoms. The average Bonchev–Trinajstić information content (AvgIpc) is 3.13. The minimum Gasteiger partial charge on any atom is -0.339 e. The lowest BCUT2D eigenvalue weighted by Crippen LogP contribution is -2.52. The molecular weight excluding hydrogens is 428 g/mol. The first-order chi connectivity index (χ1) is 12.3. The summed E-state index contributed by atoms with van der Waals surface area (Å²) in [5, 5.41) is 0. The Morgan fingerprint density at radius 1 is 1.15 bits per heavy atom. The maximum atomic E-state index is 12.8. The molecule has 2 fully saturated rings. The molecule has 1 atom stereocenters. The number of sulfonamides is 1. The van der Waals surface area contributed by atoms with E-state index in [1.807, 2.05) is 0 Å². The summed E-state index contributed by atoms with van der Waals surface area (Å²) in [6, 6.07) is 3.62. The minimum atomic E-state index is -4.63. The normalized spacial score (nSPS) is 26.1. The highest BCUT2D eigenvalue weighted by Gasteiger charge is 2.68. The van der Waals surface area contributed by atoms with E-state index in [9.17, 15) is 26.4 Å². The van der Waals surface area contributed by atoms with Gasteiger partial charge in [0.05, 0.1) is 15.9 Å². The first-order valence-electron chi connectivity index (χ1n) is 8.14. The van der Waals surface area contributed by atoms with Gasteiger partial charge in [-0.1, -0.05) is 6.07 Å². The van der Waals surface area contributed by atoms with Crippen molar-refractivity contribution in [2.75, 3.05) is 26.2 Å². The van der Waals surface area contributed by atoms with Gasteiger partial charge in [0, 0.05) is 26.2 Å². The maximum absolute atomic E-state index is 12.8. The van der Waals surface area contributed by atoms with Gasteiger partial charge in [0.25, 0.3) is 0 Å². The first-order valence-corrected chi connectivity index (χ1v) is 10.3. The van der Waals surface area contributed by atoms with Crippen LogP contribution >= 0.6 is 23.2 Å². The van der Waals surface area contributed by atoms with E-state index in [0.717, 1.165) is 22.5 Å². The number of alkyl halides is 5. The zero-order chi connectivity index (χ0) is 20.3. The fraction of sp³-hybridized carbons (Fsp3) is 0.562. The highest BCUT2D eigenvalue weighted by molar-refractivity contribution is 7.89. The van der Waals surface area contributed by atoms with E-state index < -0.39 is 36.4 Å². The monoisotopic (exact) mass is 444 g/mol. The van der Waals surface area contributed by atoms with Crippen LogP contribution in [0.4, 0.5) is 13.2 Å². The largest absolute Gasteiger partial charge is 0.416 e. The van der Waals surface area contributed by atoms with E-state index in [-0.39, 0.29) is 32.1 Å². The van der Waals surface area contributed by atoms with Crippen LogP contribution in [0.2, 0.25) is 0 Å². The summed E-state index contributed by atoms with van der Waals surface area (Å²) < 4.78 is 63.8. The minimum absolute atomic E-state index is 0.0159. The van der Waals surface area contributed by atoms with Gasteiger partial charge in [-0.3, -0.25) is 4.79 Å². The Kier molecular flexibility index (Phi) is 4.99. The fourth-order valence-electron chi connectivity index (χ4n) is 3.09. The molecule has 1 aromatic rings. The SMILES string of the molecule is CC1(C(=O)N2CCN(S(=O)(=O)c3cccc(C(F)(F)F)c3)CC2)CC1(Cl)Cl. The Hall–Kier alpha value is -1.03. The van der Waals surface area contributed by atoms with Crippen LogP contribution in [0.15, 0.2) is 29.2 Å². The van der Waals surface area contributed by atoms with Gasteiger partial charge >= 0.3 is 6.18 Å². The molecule has 1 heterocycles. The van der Waals surface area contributed by atoms with Gasteiger partial charge in [-0.25, -0.2) is 8.42 Å². The molecule has 1 saturated heterocycles. The zero-order valence-corrected chi connectivity index (χ0v) is 16.6. The van der Waals surface area contributed by atoms with Crippen LogP contribution in [-0.4, -0.2) is 54.0 Å². The number of rotatable bonds is 3. The van der Waals surface area contributed by atoms with Crippen molar-refractivity contribution in [2.24, 2.45) is 5.41 Å². The van der Waals surface area contributed by atoms with Gasteiger partial charge in [-0.2, -0.15) is 17.5 Å². The highest BCUT2D eigenvalue weighted by Crippen LogP contribution is 2.64. The second-order valence-corrected chi connectivity index (χ2v) is 10.4. The van der Waals surface area contributed by atoms with Crippen LogP contribution in [0, 0.1) is 5.41 Å². The molecule has 1 saturated carbocycles. The molecular formula is C16H17Cl2F3N2O3S. The van der Waals surface area contributed by atoms with Gasteiger partial charge in [0.1, 0.15) is 4.33 Å². The predicted molar refractivity (Wildman–Crippen MR) is 93.9 cm³/mol. The summed E-state index contributed by atoms with van der Waals surface area (Å²) in [4.78, 5) is 13.6. The number of hydrogen-bond acceptors (Lipinski definition) is 3. The number of nitrogens with zero attached hydrogens (tertiary/aromatic N) is 2. The Bertz CT molecular complexity index is 868. The molecule has 11 heteroatoms. The van der Waals surface area contributed by atoms with E-state index in [1.165, 1.54) is 4.90 Å². The number of carbonyl (C=O) groups excluding carboxylic acids is 1. The van der Waals surface area contributed by atoms with E-state index in [4.69, 9.17) is 23.2 Å². The molecule has 1 amide bonds. The molecule has 0 spiro atoms. The molecule has 1 aromatic carbocycles. The topological polar surface area (TPSA) is 57.7 Å². The number of halogens is 5. The van der Waals surface area contributed by atoms with Crippen molar-refractivity contribution in [3.63, 3.8) is 0 Å². The van der Waals surface area contributed by atoms with Gasteiger partial charge in [-0.15, -0.1) is 23.2 Å². The van der Waals surface area contributed by atoms with E-state index in [0.29, 0.717) is 12.5 Å². The number of benzene rings is 1. The van der Waals surface area contributed by atoms with Crippen LogP contribution < -0.4 is 0 Å². The molecule has 150 valence electrons. The summed E-state index contributed by atoms with van der Waals surface area (Å²) in [5.74, 6) is -0.247. The van der Waals surface area contributed by atoms with Crippen LogP contribution in [0.25, 0.3) is 0 Å². The molecule has 1 aliphatic heterocycles. The molecule has 0 N–H and O–H groups in total. The van der Waals surface area contributed by atoms with Gasteiger partial charge in [-0.05, 0) is 31.5 Å². The zero-order valence-electron chi connectivity index (χ0n) is 14.3. The Morgan fingerprint density at radius 3 is 2.19 bits per heavy atom. The van der Waals surface area contributed by atoms with Gasteiger partial charge in [0.2, 0.25) is 15.9 Å². The van der Waals surface area contributed by atoms with Crippen LogP contribution in [0.1, 0.15) is 18.9 Å². The number of hydrogen-bond donors (Lipinski definition) is 0. The fourth-order valence-corrected chi connectivity index (χ4v) is 5.26. The third-order valence-corrected chi connectivity index (χ3v) is 8.05. The molecule has 0 bridgehead atoms. The number of amides is 1. The average molecular weight is 445 g/mol. The van der Waals surface area contributed by atoms with Gasteiger partial charge < -0.3 is 4.90 Å². The molecule has 3 rings (SSSR count). The summed E-state index contributed by atoms with van der Waals surface area (Å²) >= 11 is 12.0. The number of piperazine rings is 1. The van der Waals surface area contributed by atoms with Crippen LogP contribution in [0.3, 0.4) is 0 Å². The standard InChI is InChI=1S/C16H17Cl2F3N2O3S/c1-14(10-15(14,17)18)13(24)22-5-7-23(8-6-22)27(25,26)12-4-2-3-11(9-12)16(19,20)21/h2-4,9H,5-8,10H2,1H3. The molecule has 0 radical (unpaired) electrons. The van der Waals surface area contributed by atoms with E-state index in [2.05, 4.69) is 0 Å². The first kappa shape index (κ1) is 20.7. The summed E-state index contributed by atoms with van der Waals surface area (Å²) in [7, 11) is -4.09. The van der Waals surface area contributed by atoms with Gasteiger partial charge in [0.15, 0.2) is 0 Å². The third kappa shape index (κ3) is 3.66. The maximum Gasteiger partial charge on any atom is 0.416 e. The summed E-state index contributed by atoms with van der Waals surface area (Å²) in [6.07, 6.45) is -4.31. The van der Waals surface area contributed by atoms with Crippen LogP contribution in [0.5, 0.6) is 0 Å². The highest BCUT2D eigenvalue weighted by atomic mass is 35.5. The molecule has 0 aromatic heterocycles. The predicted octanol–water partition coefficient (Wildman–Crippen LogP) is 3.12. The number of carbonyl (C=O) groups is 1. The molecule has 1 aliphatic carbocycles. The lowest BCUT2D eigenvalue weighted by Gasteiger charge is -2.35.